The molecule has 1 N–H and O–H groups in total. The van der Waals surface area contributed by atoms with E-state index in [1.807, 2.05) is 52.5 Å². The van der Waals surface area contributed by atoms with Gasteiger partial charge in [0.2, 0.25) is 0 Å². The largest absolute Gasteiger partial charge is 0.341 e. The van der Waals surface area contributed by atoms with E-state index in [0.717, 1.165) is 16.2 Å². The number of nitrogens with zero attached hydrogens (tertiary/aromatic N) is 4. The Kier molecular flexibility index (Phi) is 3.83. The first-order valence-electron chi connectivity index (χ1n) is 7.31. The lowest BCUT2D eigenvalue weighted by Crippen LogP contribution is -2.28. The quantitative estimate of drug-likeness (QED) is 0.609. The van der Waals surface area contributed by atoms with Gasteiger partial charge in [0.05, 0.1) is 6.04 Å². The Bertz CT molecular complexity index is 989. The number of hydrogen-bond donors (Lipinski definition) is 1. The second-order valence-corrected chi connectivity index (χ2v) is 6.87. The number of hydrogen-bond acceptors (Lipinski definition) is 6. The van der Waals surface area contributed by atoms with Gasteiger partial charge in [-0.3, -0.25) is 9.20 Å². The first kappa shape index (κ1) is 15.0. The van der Waals surface area contributed by atoms with E-state index >= 15 is 0 Å². The molecule has 0 aromatic carbocycles. The van der Waals surface area contributed by atoms with E-state index in [1.54, 1.807) is 16.7 Å². The molecule has 0 aliphatic rings. The fraction of sp³-hybridized carbons (Fsp3) is 0.125. The van der Waals surface area contributed by atoms with Gasteiger partial charge in [0, 0.05) is 22.5 Å². The zero-order valence-corrected chi connectivity index (χ0v) is 14.3. The van der Waals surface area contributed by atoms with Crippen molar-refractivity contribution in [2.24, 2.45) is 0 Å². The minimum atomic E-state index is -0.277. The standard InChI is InChI=1S/C16H13N5OS2/c1-10(14-20-19-13-4-2-3-6-21(13)14)17-15(22)12-9-24-16(18-12)11-5-7-23-8-11/h2-10H,1H3,(H,17,22). The Labute approximate surface area is 145 Å². The van der Waals surface area contributed by atoms with Crippen molar-refractivity contribution in [2.75, 3.05) is 0 Å². The van der Waals surface area contributed by atoms with Crippen LogP contribution >= 0.6 is 22.7 Å². The monoisotopic (exact) mass is 355 g/mol. The van der Waals surface area contributed by atoms with Crippen molar-refractivity contribution in [3.8, 4) is 10.6 Å². The molecule has 4 aromatic rings. The molecule has 0 bridgehead atoms. The first-order valence-corrected chi connectivity index (χ1v) is 9.13. The Balaban J connectivity index is 1.53. The normalized spacial score (nSPS) is 12.4. The van der Waals surface area contributed by atoms with Crippen molar-refractivity contribution in [2.45, 2.75) is 13.0 Å². The van der Waals surface area contributed by atoms with Crippen LogP contribution in [0.15, 0.2) is 46.6 Å². The van der Waals surface area contributed by atoms with Gasteiger partial charge >= 0.3 is 0 Å². The van der Waals surface area contributed by atoms with Crippen LogP contribution < -0.4 is 5.32 Å². The van der Waals surface area contributed by atoms with Gasteiger partial charge in [-0.1, -0.05) is 6.07 Å². The fourth-order valence-corrected chi connectivity index (χ4v) is 3.90. The number of pyridine rings is 1. The molecule has 1 atom stereocenters. The summed E-state index contributed by atoms with van der Waals surface area (Å²) in [5, 5.41) is 17.8. The summed E-state index contributed by atoms with van der Waals surface area (Å²) in [6.45, 7) is 1.88. The van der Waals surface area contributed by atoms with Crippen LogP contribution in [0.1, 0.15) is 29.3 Å². The molecule has 4 aromatic heterocycles. The summed E-state index contributed by atoms with van der Waals surface area (Å²) >= 11 is 3.07. The summed E-state index contributed by atoms with van der Waals surface area (Å²) in [6.07, 6.45) is 1.88. The third-order valence-electron chi connectivity index (χ3n) is 3.58. The molecule has 120 valence electrons. The third-order valence-corrected chi connectivity index (χ3v) is 5.15. The number of rotatable bonds is 4. The van der Waals surface area contributed by atoms with Gasteiger partial charge in [-0.15, -0.1) is 21.5 Å². The molecule has 0 radical (unpaired) electrons. The lowest BCUT2D eigenvalue weighted by atomic mass is 10.3. The predicted molar refractivity (Wildman–Crippen MR) is 94.3 cm³/mol. The smallest absolute Gasteiger partial charge is 0.271 e. The van der Waals surface area contributed by atoms with E-state index in [4.69, 9.17) is 0 Å². The maximum atomic E-state index is 12.4. The summed E-state index contributed by atoms with van der Waals surface area (Å²) in [4.78, 5) is 16.9. The Morgan fingerprint density at radius 1 is 1.25 bits per heavy atom. The second-order valence-electron chi connectivity index (χ2n) is 5.23. The van der Waals surface area contributed by atoms with Crippen LogP contribution in [-0.2, 0) is 0 Å². The molecule has 4 rings (SSSR count). The molecule has 0 saturated carbocycles. The number of carbonyl (C=O) groups excluding carboxylic acids is 1. The van der Waals surface area contributed by atoms with Gasteiger partial charge in [0.15, 0.2) is 11.5 Å². The second kappa shape index (κ2) is 6.14. The van der Waals surface area contributed by atoms with E-state index in [9.17, 15) is 4.79 Å². The molecule has 4 heterocycles. The van der Waals surface area contributed by atoms with Crippen molar-refractivity contribution in [3.05, 3.63) is 58.1 Å². The van der Waals surface area contributed by atoms with Crippen LogP contribution in [0.5, 0.6) is 0 Å². The van der Waals surface area contributed by atoms with Crippen molar-refractivity contribution >= 4 is 34.2 Å². The maximum Gasteiger partial charge on any atom is 0.271 e. The molecule has 1 unspecified atom stereocenters. The highest BCUT2D eigenvalue weighted by molar-refractivity contribution is 7.14. The van der Waals surface area contributed by atoms with Gasteiger partial charge in [-0.2, -0.15) is 11.3 Å². The van der Waals surface area contributed by atoms with Crippen molar-refractivity contribution < 1.29 is 4.79 Å². The zero-order chi connectivity index (χ0) is 16.5. The Morgan fingerprint density at radius 3 is 3.00 bits per heavy atom. The molecule has 24 heavy (non-hydrogen) atoms. The average Bonchev–Trinajstić information content (AvgIpc) is 3.33. The molecule has 1 amide bonds. The SMILES string of the molecule is CC(NC(=O)c1csc(-c2ccsc2)n1)c1nnc2ccccn12. The van der Waals surface area contributed by atoms with E-state index in [-0.39, 0.29) is 11.9 Å². The summed E-state index contributed by atoms with van der Waals surface area (Å²) in [7, 11) is 0. The minimum absolute atomic E-state index is 0.215. The van der Waals surface area contributed by atoms with Crippen LogP contribution in [0.4, 0.5) is 0 Å². The highest BCUT2D eigenvalue weighted by Crippen LogP contribution is 2.25. The highest BCUT2D eigenvalue weighted by Gasteiger charge is 2.18. The highest BCUT2D eigenvalue weighted by atomic mass is 32.1. The number of amides is 1. The number of thiazole rings is 1. The van der Waals surface area contributed by atoms with E-state index < -0.39 is 0 Å². The van der Waals surface area contributed by atoms with E-state index in [2.05, 4.69) is 20.5 Å². The van der Waals surface area contributed by atoms with Crippen molar-refractivity contribution in [3.63, 3.8) is 0 Å². The summed E-state index contributed by atoms with van der Waals surface area (Å²) in [6, 6.07) is 7.40. The van der Waals surface area contributed by atoms with E-state index in [1.165, 1.54) is 11.3 Å². The molecule has 0 saturated heterocycles. The van der Waals surface area contributed by atoms with Gasteiger partial charge < -0.3 is 5.32 Å². The van der Waals surface area contributed by atoms with Crippen molar-refractivity contribution in [1.29, 1.82) is 0 Å². The third kappa shape index (κ3) is 2.70. The van der Waals surface area contributed by atoms with Crippen LogP contribution in [0.2, 0.25) is 0 Å². The maximum absolute atomic E-state index is 12.4. The van der Waals surface area contributed by atoms with Crippen LogP contribution in [0, 0.1) is 0 Å². The molecule has 0 fully saturated rings. The summed E-state index contributed by atoms with van der Waals surface area (Å²) in [5.74, 6) is 0.472. The number of nitrogens with one attached hydrogen (secondary N) is 1. The number of carbonyl (C=O) groups is 1. The number of aromatic nitrogens is 4. The predicted octanol–water partition coefficient (Wildman–Crippen LogP) is 3.41. The number of thiophene rings is 1. The van der Waals surface area contributed by atoms with Gasteiger partial charge in [-0.05, 0) is 30.5 Å². The molecule has 8 heteroatoms. The fourth-order valence-electron chi connectivity index (χ4n) is 2.39. The number of fused-ring (bicyclic) bond motifs is 1. The Morgan fingerprint density at radius 2 is 2.17 bits per heavy atom. The van der Waals surface area contributed by atoms with Gasteiger partial charge in [0.1, 0.15) is 10.7 Å². The topological polar surface area (TPSA) is 72.2 Å². The van der Waals surface area contributed by atoms with Crippen LogP contribution in [0.3, 0.4) is 0 Å². The molecule has 0 spiro atoms. The zero-order valence-electron chi connectivity index (χ0n) is 12.7. The van der Waals surface area contributed by atoms with Crippen LogP contribution in [0.25, 0.3) is 16.2 Å². The van der Waals surface area contributed by atoms with Crippen molar-refractivity contribution in [1.82, 2.24) is 24.9 Å². The lowest BCUT2D eigenvalue weighted by molar-refractivity contribution is 0.0934. The first-order chi connectivity index (χ1) is 11.7. The van der Waals surface area contributed by atoms with E-state index in [0.29, 0.717) is 11.5 Å². The van der Waals surface area contributed by atoms with Gasteiger partial charge in [0.25, 0.3) is 5.91 Å². The van der Waals surface area contributed by atoms with Gasteiger partial charge in [-0.25, -0.2) is 4.98 Å². The summed E-state index contributed by atoms with van der Waals surface area (Å²) in [5.41, 5.74) is 2.21. The lowest BCUT2D eigenvalue weighted by Gasteiger charge is -2.11. The summed E-state index contributed by atoms with van der Waals surface area (Å²) < 4.78 is 1.86. The molecule has 0 aliphatic carbocycles. The molecular formula is C16H13N5OS2. The molecule has 6 nitrogen and oxygen atoms in total. The Hall–Kier alpha value is -2.58. The molecular weight excluding hydrogens is 342 g/mol. The van der Waals surface area contributed by atoms with Crippen LogP contribution in [-0.4, -0.2) is 25.5 Å². The average molecular weight is 355 g/mol. The molecule has 0 aliphatic heterocycles. The minimum Gasteiger partial charge on any atom is -0.341 e.